The molecule has 7 amide bonds. The Kier molecular flexibility index (Phi) is 28.2. The van der Waals surface area contributed by atoms with Crippen LogP contribution < -0.4 is 38.5 Å². The number of hydrogen-bond acceptors (Lipinski definition) is 20. The van der Waals surface area contributed by atoms with E-state index in [9.17, 15) is 55.1 Å². The largest absolute Gasteiger partial charge is 0.416 e. The maximum absolute atomic E-state index is 13.3. The molecule has 3 saturated heterocycles. The van der Waals surface area contributed by atoms with Crippen molar-refractivity contribution < 1.29 is 59.6 Å². The van der Waals surface area contributed by atoms with Crippen molar-refractivity contribution in [3.8, 4) is 33.8 Å². The first kappa shape index (κ1) is 96.8. The number of anilines is 7. The highest BCUT2D eigenvalue weighted by Gasteiger charge is 2.38. The molecule has 39 heteroatoms. The van der Waals surface area contributed by atoms with Crippen LogP contribution in [-0.2, 0) is 32.2 Å². The molecule has 0 aliphatic carbocycles. The van der Waals surface area contributed by atoms with E-state index < -0.39 is 41.3 Å². The van der Waals surface area contributed by atoms with Gasteiger partial charge in [0.05, 0.1) is 65.1 Å². The van der Waals surface area contributed by atoms with Crippen molar-refractivity contribution in [2.75, 3.05) is 77.7 Å². The highest BCUT2D eigenvalue weighted by molar-refractivity contribution is 6.07. The molecule has 10 heterocycles. The summed E-state index contributed by atoms with van der Waals surface area (Å²) in [5, 5.41) is 31.0. The van der Waals surface area contributed by atoms with Crippen LogP contribution >= 0.6 is 0 Å². The molecule has 3 aliphatic rings. The van der Waals surface area contributed by atoms with Gasteiger partial charge in [0.1, 0.15) is 59.3 Å². The van der Waals surface area contributed by atoms with Gasteiger partial charge in [-0.05, 0) is 134 Å². The van der Waals surface area contributed by atoms with Crippen LogP contribution in [0.5, 0.6) is 0 Å². The number of piperidine rings is 3. The Hall–Kier alpha value is -15.8. The Morgan fingerprint density at radius 2 is 0.763 bits per heavy atom. The van der Waals surface area contributed by atoms with Crippen molar-refractivity contribution >= 4 is 109 Å². The Bertz CT molecular complexity index is 6730. The van der Waals surface area contributed by atoms with Crippen molar-refractivity contribution in [3.63, 3.8) is 0 Å². The van der Waals surface area contributed by atoms with Gasteiger partial charge in [0.2, 0.25) is 17.1 Å². The number of rotatable bonds is 15. The number of nitrogens with one attached hydrogen (secondary N) is 4. The number of nitrogen functional groups attached to an aromatic ring is 3. The van der Waals surface area contributed by atoms with Crippen molar-refractivity contribution in [2.24, 2.45) is 16.2 Å². The summed E-state index contributed by atoms with van der Waals surface area (Å²) < 4.78 is 88.5. The molecule has 7 aromatic heterocycles. The average Bonchev–Trinajstić information content (AvgIpc) is 1.62. The molecule has 15 rings (SSSR count). The number of halogens is 6. The van der Waals surface area contributed by atoms with Crippen molar-refractivity contribution in [2.45, 2.75) is 158 Å². The van der Waals surface area contributed by atoms with Crippen LogP contribution in [0, 0.1) is 36.0 Å². The van der Waals surface area contributed by atoms with E-state index in [1.807, 2.05) is 99.9 Å². The molecular formula is C96H100F6N26O7. The summed E-state index contributed by atoms with van der Waals surface area (Å²) in [5.74, 6) is -0.436. The molecule has 10 N–H and O–H groups in total. The number of allylic oxidation sites excluding steroid dienone is 3. The van der Waals surface area contributed by atoms with Crippen molar-refractivity contribution in [1.29, 1.82) is 0 Å². The molecule has 0 radical (unpaired) electrons. The smallest absolute Gasteiger partial charge is 0.383 e. The number of amides is 7. The number of nitrogens with zero attached hydrogens (tertiary/aromatic N) is 19. The van der Waals surface area contributed by atoms with E-state index in [2.05, 4.69) is 70.9 Å². The molecule has 0 saturated carbocycles. The third kappa shape index (κ3) is 23.2. The first-order valence-corrected chi connectivity index (χ1v) is 43.2. The lowest BCUT2D eigenvalue weighted by Gasteiger charge is -2.33. The summed E-state index contributed by atoms with van der Waals surface area (Å²) in [6, 6.07) is 29.4. The fraction of sp³-hybridized carbons (Fsp3) is 0.344. The Morgan fingerprint density at radius 1 is 0.422 bits per heavy atom. The molecule has 0 unspecified atom stereocenters. The van der Waals surface area contributed by atoms with Gasteiger partial charge in [-0.3, -0.25) is 29.3 Å². The highest BCUT2D eigenvalue weighted by atomic mass is 19.4. The number of carbonyl (C=O) groups is 6. The minimum atomic E-state index is -4.56. The van der Waals surface area contributed by atoms with E-state index in [4.69, 9.17) is 56.7 Å². The average molecular weight is 1840 g/mol. The molecule has 0 bridgehead atoms. The molecular weight excluding hydrogens is 1740 g/mol. The first-order chi connectivity index (χ1) is 63.7. The van der Waals surface area contributed by atoms with E-state index in [1.165, 1.54) is 31.1 Å². The first-order valence-electron chi connectivity index (χ1n) is 43.2. The second kappa shape index (κ2) is 39.4. The number of carbonyl (C=O) groups excluding carboxylic acids is 6. The monoisotopic (exact) mass is 1840 g/mol. The van der Waals surface area contributed by atoms with E-state index in [-0.39, 0.29) is 103 Å². The third-order valence-corrected chi connectivity index (χ3v) is 22.0. The Labute approximate surface area is 773 Å². The van der Waals surface area contributed by atoms with Crippen LogP contribution in [0.2, 0.25) is 0 Å². The number of fused-ring (bicyclic) bond motifs is 3. The van der Waals surface area contributed by atoms with Crippen LogP contribution in [-0.4, -0.2) is 154 Å². The lowest BCUT2D eigenvalue weighted by atomic mass is 9.93. The van der Waals surface area contributed by atoms with Crippen LogP contribution in [0.25, 0.3) is 81.4 Å². The van der Waals surface area contributed by atoms with Gasteiger partial charge in [0, 0.05) is 95.6 Å². The summed E-state index contributed by atoms with van der Waals surface area (Å²) in [4.78, 5) is 119. The molecule has 698 valence electrons. The molecule has 3 fully saturated rings. The molecule has 5 aromatic carbocycles. The fourth-order valence-corrected chi connectivity index (χ4v) is 15.7. The van der Waals surface area contributed by atoms with Gasteiger partial charge in [0.25, 0.3) is 29.5 Å². The van der Waals surface area contributed by atoms with Crippen molar-refractivity contribution in [3.05, 3.63) is 244 Å². The maximum Gasteiger partial charge on any atom is 0.416 e. The predicted molar refractivity (Wildman–Crippen MR) is 499 cm³/mol. The summed E-state index contributed by atoms with van der Waals surface area (Å²) in [7, 11) is 0. The van der Waals surface area contributed by atoms with Gasteiger partial charge < -0.3 is 52.4 Å². The van der Waals surface area contributed by atoms with Gasteiger partial charge >= 0.3 is 18.4 Å². The number of urea groups is 1. The zero-order chi connectivity index (χ0) is 97.6. The second-order valence-electron chi connectivity index (χ2n) is 37.1. The molecule has 3 aliphatic heterocycles. The van der Waals surface area contributed by atoms with E-state index in [0.29, 0.717) is 142 Å². The number of likely N-dealkylation sites (tertiary alicyclic amines) is 3. The summed E-state index contributed by atoms with van der Waals surface area (Å²) in [5.41, 5.74) is 22.8. The quantitative estimate of drug-likeness (QED) is 0.0285. The Balaban J connectivity index is 0.000000171. The van der Waals surface area contributed by atoms with Crippen LogP contribution in [0.4, 0.5) is 71.5 Å². The number of aromatic nitrogens is 13. The van der Waals surface area contributed by atoms with E-state index in [0.717, 1.165) is 67.6 Å². The summed E-state index contributed by atoms with van der Waals surface area (Å²) in [6.07, 6.45) is 4.55. The zero-order valence-corrected chi connectivity index (χ0v) is 76.2. The molecule has 3 atom stereocenters. The standard InChI is InChI=1S/2C32H31F3N8O2.C32H38N10O3/c1-31(2,3)16-24(37-4)30(45)42-14-6-9-23(17-42)43-28-25(27(36)38-18-39-28)26(41-43)19-10-12-22(13-11-19)40-29(44)20-7-5-8-21(15-20)32(33,34)35;1-31(2,3)16-24(37-4)30(45)42-15-5-6-23(17-42)43-28-25(27(36)38-18-39-28)26(41-43)19-9-13-22(14-10-19)40-29(44)20-7-11-21(12-8-20)32(33,34)35;1-31(2,3)16-22(34-7)29(43)41-14-8-9-21(17-41)42-28-25(27(33)35-18-36-28)26(39-42)19-10-12-20(13-11-19)37-30(44)38-24-15-23(45-40-24)32(4,5)6/h5,7-8,10-13,15-16,18,23H,6,9,14,17H2,1-3H3,(H,40,44)(H2,36,38,39);7-14,16,18,23H,5-6,15,17H2,1-3H3,(H,40,44)(H2,36,38,39);10-13,15-16,18,21H,8-9,14,17H2,1-6H3,(H2,33,35,36)(H2,37,38,40,44)/b2*24-16-;22-16-/t2*23-;21-/m111/s1. The predicted octanol–water partition coefficient (Wildman–Crippen LogP) is 18.7. The number of nitrogens with two attached hydrogens (primary N) is 3. The van der Waals surface area contributed by atoms with Crippen LogP contribution in [0.3, 0.4) is 0 Å². The normalized spacial score (nSPS) is 16.0. The molecule has 33 nitrogen and oxygen atoms in total. The zero-order valence-electron chi connectivity index (χ0n) is 76.2. The maximum atomic E-state index is 13.3. The van der Waals surface area contributed by atoms with Gasteiger partial charge in [-0.2, -0.15) is 41.6 Å². The minimum absolute atomic E-state index is 0.0826. The van der Waals surface area contributed by atoms with Gasteiger partial charge in [0.15, 0.2) is 22.8 Å². The molecule has 135 heavy (non-hydrogen) atoms. The summed E-state index contributed by atoms with van der Waals surface area (Å²) in [6.45, 7) is 48.8. The number of alkyl halides is 6. The minimum Gasteiger partial charge on any atom is -0.383 e. The Morgan fingerprint density at radius 3 is 1.08 bits per heavy atom. The van der Waals surface area contributed by atoms with E-state index >= 15 is 0 Å². The van der Waals surface area contributed by atoms with Crippen LogP contribution in [0.1, 0.15) is 177 Å². The van der Waals surface area contributed by atoms with E-state index in [1.54, 1.807) is 109 Å². The van der Waals surface area contributed by atoms with Crippen molar-refractivity contribution in [1.82, 2.24) is 79.1 Å². The lowest BCUT2D eigenvalue weighted by Crippen LogP contribution is -2.41. The molecule has 12 aromatic rings. The lowest BCUT2D eigenvalue weighted by molar-refractivity contribution is -0.138. The molecule has 0 spiro atoms. The van der Waals surface area contributed by atoms with Gasteiger partial charge in [-0.1, -0.05) is 149 Å². The number of benzene rings is 5. The highest BCUT2D eigenvalue weighted by Crippen LogP contribution is 2.41. The topological polar surface area (TPSA) is 408 Å². The van der Waals surface area contributed by atoms with Gasteiger partial charge in [-0.25, -0.2) is 63.3 Å². The SMILES string of the molecule is [C-]#[N+]/C(=C\C(C)(C)C)C(=O)N1CCC[C@@H](n2nc(-c3ccc(NC(=O)Nc4cc(C(C)(C)C)on4)cc3)c3c(N)ncnc32)C1.[C-]#[N+]/C(=C\C(C)(C)C)C(=O)N1CCC[C@@H](n2nc(-c3ccc(NC(=O)c4ccc(C(F)(F)F)cc4)cc3)c3c(N)ncnc32)C1.[C-]#[N+]/C(=C\C(C)(C)C)C(=O)N1CCC[C@@H](n2nc(-c3ccc(NC(=O)c4cccc(C(F)(F)F)c4)cc3)c3c(N)ncnc32)C1. The fourth-order valence-electron chi connectivity index (χ4n) is 15.7. The summed E-state index contributed by atoms with van der Waals surface area (Å²) >= 11 is 0. The third-order valence-electron chi connectivity index (χ3n) is 22.0. The number of hydrogen-bond donors (Lipinski definition) is 7. The van der Waals surface area contributed by atoms with Crippen LogP contribution in [0.15, 0.2) is 186 Å². The second-order valence-corrected chi connectivity index (χ2v) is 37.1. The van der Waals surface area contributed by atoms with Gasteiger partial charge in [-0.15, -0.1) is 0 Å².